The molecule has 0 saturated heterocycles. The molecule has 1 aromatic carbocycles. The van der Waals surface area contributed by atoms with Crippen LogP contribution in [0.1, 0.15) is 5.56 Å². The van der Waals surface area contributed by atoms with Gasteiger partial charge in [0.15, 0.2) is 0 Å². The molecule has 1 aromatic rings. The Labute approximate surface area is 115 Å². The van der Waals surface area contributed by atoms with Crippen LogP contribution in [0.15, 0.2) is 17.0 Å². The lowest BCUT2D eigenvalue weighted by Crippen LogP contribution is -2.59. The molecule has 1 unspecified atom stereocenters. The minimum Gasteiger partial charge on any atom is -0.507 e. The molecule has 0 amide bonds. The molecule has 6 N–H and O–H groups in total. The van der Waals surface area contributed by atoms with E-state index in [0.29, 0.717) is 0 Å². The van der Waals surface area contributed by atoms with Crippen molar-refractivity contribution in [3.63, 3.8) is 0 Å². The van der Waals surface area contributed by atoms with E-state index in [1.165, 1.54) is 13.2 Å². The third kappa shape index (κ3) is 2.97. The summed E-state index contributed by atoms with van der Waals surface area (Å²) in [6.45, 7) is 0. The van der Waals surface area contributed by atoms with E-state index in [1.54, 1.807) is 0 Å². The highest BCUT2D eigenvalue weighted by molar-refractivity contribution is 8.04. The van der Waals surface area contributed by atoms with Gasteiger partial charge >= 0.3 is 0 Å². The first-order valence-corrected chi connectivity index (χ1v) is 5.75. The van der Waals surface area contributed by atoms with Gasteiger partial charge in [0.05, 0.1) is 12.0 Å². The van der Waals surface area contributed by atoms with Gasteiger partial charge < -0.3 is 25.2 Å². The van der Waals surface area contributed by atoms with E-state index < -0.39 is 11.4 Å². The summed E-state index contributed by atoms with van der Waals surface area (Å²) in [5.41, 5.74) is 1.92. The summed E-state index contributed by atoms with van der Waals surface area (Å²) in [7, 11) is 6.64. The molecule has 2 radical (unpaired) electrons. The predicted octanol–water partition coefficient (Wildman–Crippen LogP) is -1.01. The van der Waals surface area contributed by atoms with E-state index in [0.717, 1.165) is 17.8 Å². The number of hydrogen-bond acceptors (Lipinski definition) is 7. The molecule has 6 nitrogen and oxygen atoms in total. The number of hydrogen-bond donors (Lipinski definition) is 5. The highest BCUT2D eigenvalue weighted by atomic mass is 32.2. The van der Waals surface area contributed by atoms with Crippen LogP contribution in [0.2, 0.25) is 0 Å². The average Bonchev–Trinajstić information content (AvgIpc) is 2.30. The second-order valence-corrected chi connectivity index (χ2v) is 4.61. The molecule has 0 fully saturated rings. The molecule has 0 aromatic heterocycles. The molecule has 0 aliphatic heterocycles. The monoisotopic (exact) mass is 281 g/mol. The first kappa shape index (κ1) is 15.7. The van der Waals surface area contributed by atoms with Gasteiger partial charge in [0, 0.05) is 5.56 Å². The van der Waals surface area contributed by atoms with Crippen molar-refractivity contribution >= 4 is 19.6 Å². The van der Waals surface area contributed by atoms with Gasteiger partial charge in [-0.2, -0.15) is 0 Å². The zero-order valence-electron chi connectivity index (χ0n) is 9.99. The van der Waals surface area contributed by atoms with Crippen molar-refractivity contribution in [1.82, 2.24) is 0 Å². The SMILES string of the molecule is [B]C(O)(c1cc(O)c(SC#C)cc1OC)C(N)(O)O. The second-order valence-electron chi connectivity index (χ2n) is 3.73. The Morgan fingerprint density at radius 3 is 2.42 bits per heavy atom. The van der Waals surface area contributed by atoms with Crippen molar-refractivity contribution in [2.24, 2.45) is 5.73 Å². The van der Waals surface area contributed by atoms with Crippen LogP contribution in [-0.2, 0) is 5.50 Å². The summed E-state index contributed by atoms with van der Waals surface area (Å²) in [5, 5.41) is 40.4. The molecule has 8 heteroatoms. The Hall–Kier alpha value is -1.37. The van der Waals surface area contributed by atoms with Crippen LogP contribution in [0.25, 0.3) is 0 Å². The highest BCUT2D eigenvalue weighted by Gasteiger charge is 2.44. The standard InChI is InChI=1S/C11H12BNO5S/c1-3-19-9-5-8(18-2)6(4-7(9)14)10(12,15)11(13,16)17/h1,4-5,14-17H,13H2,2H3. The third-order valence-electron chi connectivity index (χ3n) is 2.42. The van der Waals surface area contributed by atoms with Crippen LogP contribution in [0.3, 0.4) is 0 Å². The fourth-order valence-electron chi connectivity index (χ4n) is 1.36. The van der Waals surface area contributed by atoms with Crippen molar-refractivity contribution in [1.29, 1.82) is 0 Å². The lowest BCUT2D eigenvalue weighted by molar-refractivity contribution is -0.244. The molecule has 0 heterocycles. The average molecular weight is 281 g/mol. The number of phenolic OH excluding ortho intramolecular Hbond substituents is 1. The summed E-state index contributed by atoms with van der Waals surface area (Å²) in [5.74, 6) is -3.46. The highest BCUT2D eigenvalue weighted by Crippen LogP contribution is 2.40. The number of aromatic hydroxyl groups is 1. The number of benzene rings is 1. The quantitative estimate of drug-likeness (QED) is 0.208. The van der Waals surface area contributed by atoms with Crippen molar-refractivity contribution in [2.75, 3.05) is 7.11 Å². The lowest BCUT2D eigenvalue weighted by atomic mass is 9.72. The van der Waals surface area contributed by atoms with Crippen LogP contribution >= 0.6 is 11.8 Å². The fourth-order valence-corrected chi connectivity index (χ4v) is 1.82. The molecule has 0 saturated carbocycles. The Balaban J connectivity index is 3.46. The van der Waals surface area contributed by atoms with E-state index >= 15 is 0 Å². The van der Waals surface area contributed by atoms with Gasteiger partial charge in [-0.05, 0) is 29.1 Å². The molecule has 1 rings (SSSR count). The maximum absolute atomic E-state index is 9.89. The third-order valence-corrected chi connectivity index (χ3v) is 3.09. The van der Waals surface area contributed by atoms with Crippen molar-refractivity contribution in [3.8, 4) is 23.2 Å². The minimum atomic E-state index is -3.13. The van der Waals surface area contributed by atoms with Gasteiger partial charge in [-0.25, -0.2) is 0 Å². The first-order chi connectivity index (χ1) is 8.65. The van der Waals surface area contributed by atoms with Gasteiger partial charge in [0.25, 0.3) is 0 Å². The second kappa shape index (κ2) is 5.32. The van der Waals surface area contributed by atoms with Gasteiger partial charge in [-0.15, -0.1) is 6.42 Å². The van der Waals surface area contributed by atoms with Crippen LogP contribution in [0, 0.1) is 11.7 Å². The maximum Gasteiger partial charge on any atom is 0.245 e. The number of phenols is 1. The predicted molar refractivity (Wildman–Crippen MR) is 70.4 cm³/mol. The van der Waals surface area contributed by atoms with Crippen molar-refractivity contribution in [2.45, 2.75) is 16.3 Å². The van der Waals surface area contributed by atoms with E-state index in [2.05, 4.69) is 5.25 Å². The number of rotatable bonds is 4. The van der Waals surface area contributed by atoms with E-state index in [-0.39, 0.29) is 22.0 Å². The molecule has 100 valence electrons. The Kier molecular flexibility index (Phi) is 4.40. The molecular weight excluding hydrogens is 269 g/mol. The molecule has 0 aliphatic carbocycles. The fraction of sp³-hybridized carbons (Fsp3) is 0.273. The number of aliphatic hydroxyl groups is 3. The van der Waals surface area contributed by atoms with Crippen molar-refractivity contribution < 1.29 is 25.2 Å². The summed E-state index contributed by atoms with van der Waals surface area (Å²) in [6.07, 6.45) is 5.10. The molecule has 19 heavy (non-hydrogen) atoms. The van der Waals surface area contributed by atoms with Crippen LogP contribution in [-0.4, -0.2) is 41.3 Å². The minimum absolute atomic E-state index is 0.0153. The van der Waals surface area contributed by atoms with Crippen LogP contribution in [0.4, 0.5) is 0 Å². The zero-order chi connectivity index (χ0) is 14.8. The molecule has 0 spiro atoms. The van der Waals surface area contributed by atoms with Gasteiger partial charge in [0.1, 0.15) is 24.8 Å². The summed E-state index contributed by atoms with van der Waals surface area (Å²) in [6, 6.07) is 2.28. The Bertz CT molecular complexity index is 521. The number of terminal acetylenes is 1. The molecule has 0 aliphatic rings. The van der Waals surface area contributed by atoms with Crippen LogP contribution < -0.4 is 10.5 Å². The number of nitrogens with two attached hydrogens (primary N) is 1. The van der Waals surface area contributed by atoms with E-state index in [1.807, 2.05) is 0 Å². The van der Waals surface area contributed by atoms with E-state index in [4.69, 9.17) is 24.7 Å². The normalized spacial score (nSPS) is 14.5. The number of ether oxygens (including phenoxy) is 1. The first-order valence-electron chi connectivity index (χ1n) is 4.94. The van der Waals surface area contributed by atoms with Gasteiger partial charge in [0.2, 0.25) is 5.91 Å². The Morgan fingerprint density at radius 1 is 1.42 bits per heavy atom. The van der Waals surface area contributed by atoms with Crippen LogP contribution in [0.5, 0.6) is 11.5 Å². The van der Waals surface area contributed by atoms with Crippen molar-refractivity contribution in [3.05, 3.63) is 17.7 Å². The van der Waals surface area contributed by atoms with Gasteiger partial charge in [-0.1, -0.05) is 0 Å². The van der Waals surface area contributed by atoms with Gasteiger partial charge in [-0.3, -0.25) is 5.73 Å². The molecule has 1 atom stereocenters. The zero-order valence-corrected chi connectivity index (χ0v) is 10.8. The summed E-state index contributed by atoms with van der Waals surface area (Å²) >= 11 is 0.877. The Morgan fingerprint density at radius 2 is 2.00 bits per heavy atom. The van der Waals surface area contributed by atoms with E-state index in [9.17, 15) is 20.4 Å². The smallest absolute Gasteiger partial charge is 0.245 e. The summed E-state index contributed by atoms with van der Waals surface area (Å²) in [4.78, 5) is 0.275. The lowest BCUT2D eigenvalue weighted by Gasteiger charge is -2.35. The largest absolute Gasteiger partial charge is 0.507 e. The number of methoxy groups -OCH3 is 1. The summed E-state index contributed by atoms with van der Waals surface area (Å²) < 4.78 is 4.96. The molecule has 0 bridgehead atoms. The molecular formula is C11H12BNO5S. The number of thioether (sulfide) groups is 1. The topological polar surface area (TPSA) is 116 Å². The maximum atomic E-state index is 9.89.